The van der Waals surface area contributed by atoms with Crippen LogP contribution in [0, 0.1) is 5.41 Å². The molecule has 3 N–H and O–H groups in total. The first kappa shape index (κ1) is 13.9. The number of hydrogen-bond acceptors (Lipinski definition) is 3. The van der Waals surface area contributed by atoms with Crippen LogP contribution in [0.2, 0.25) is 0 Å². The predicted octanol–water partition coefficient (Wildman–Crippen LogP) is 1.06. The molecular weight excluding hydrogens is 176 g/mol. The third-order valence-corrected chi connectivity index (χ3v) is 2.52. The molecule has 86 valence electrons. The molecule has 0 aromatic rings. The molecule has 0 bridgehead atoms. The van der Waals surface area contributed by atoms with Crippen molar-refractivity contribution in [1.82, 2.24) is 4.90 Å². The standard InChI is InChI=1S/C11H26N2O/c1-10(14)8-13(4)7-5-6-11(2,3)9-12/h10,14H,5-9,12H2,1-4H3. The lowest BCUT2D eigenvalue weighted by Crippen LogP contribution is -2.30. The van der Waals surface area contributed by atoms with Gasteiger partial charge in [0.15, 0.2) is 0 Å². The van der Waals surface area contributed by atoms with E-state index in [1.807, 2.05) is 14.0 Å². The summed E-state index contributed by atoms with van der Waals surface area (Å²) in [4.78, 5) is 2.16. The highest BCUT2D eigenvalue weighted by atomic mass is 16.3. The maximum absolute atomic E-state index is 9.17. The van der Waals surface area contributed by atoms with Crippen LogP contribution >= 0.6 is 0 Å². The molecule has 0 aliphatic rings. The summed E-state index contributed by atoms with van der Waals surface area (Å²) in [5, 5.41) is 9.17. The highest BCUT2D eigenvalue weighted by Gasteiger charge is 2.15. The number of rotatable bonds is 7. The van der Waals surface area contributed by atoms with Gasteiger partial charge in [0.25, 0.3) is 0 Å². The molecule has 0 aromatic heterocycles. The van der Waals surface area contributed by atoms with Gasteiger partial charge >= 0.3 is 0 Å². The molecule has 0 saturated carbocycles. The van der Waals surface area contributed by atoms with Gasteiger partial charge in [0.2, 0.25) is 0 Å². The largest absolute Gasteiger partial charge is 0.392 e. The maximum atomic E-state index is 9.17. The zero-order chi connectivity index (χ0) is 11.2. The molecule has 0 aliphatic heterocycles. The SMILES string of the molecule is CC(O)CN(C)CCCC(C)(C)CN. The number of likely N-dealkylation sites (N-methyl/N-ethyl adjacent to an activating group) is 1. The Bertz CT molecular complexity index is 146. The highest BCUT2D eigenvalue weighted by Crippen LogP contribution is 2.20. The second-order valence-corrected chi connectivity index (χ2v) is 5.08. The number of aliphatic hydroxyl groups is 1. The Hall–Kier alpha value is -0.120. The van der Waals surface area contributed by atoms with Crippen molar-refractivity contribution in [2.45, 2.75) is 39.7 Å². The Morgan fingerprint density at radius 1 is 1.43 bits per heavy atom. The predicted molar refractivity (Wildman–Crippen MR) is 61.2 cm³/mol. The minimum atomic E-state index is -0.234. The van der Waals surface area contributed by atoms with E-state index in [0.29, 0.717) is 0 Å². The van der Waals surface area contributed by atoms with Gasteiger partial charge in [-0.1, -0.05) is 13.8 Å². The first-order valence-electron chi connectivity index (χ1n) is 5.44. The second-order valence-electron chi connectivity index (χ2n) is 5.08. The fourth-order valence-corrected chi connectivity index (χ4v) is 1.47. The van der Waals surface area contributed by atoms with Crippen LogP contribution in [-0.2, 0) is 0 Å². The lowest BCUT2D eigenvalue weighted by molar-refractivity contribution is 0.138. The average molecular weight is 202 g/mol. The molecule has 0 saturated heterocycles. The fraction of sp³-hybridized carbons (Fsp3) is 1.00. The molecule has 0 fully saturated rings. The minimum absolute atomic E-state index is 0.234. The molecule has 3 nitrogen and oxygen atoms in total. The lowest BCUT2D eigenvalue weighted by atomic mass is 9.88. The summed E-state index contributed by atoms with van der Waals surface area (Å²) in [6.45, 7) is 8.74. The van der Waals surface area contributed by atoms with Crippen molar-refractivity contribution in [2.24, 2.45) is 11.1 Å². The van der Waals surface area contributed by atoms with E-state index < -0.39 is 0 Å². The van der Waals surface area contributed by atoms with Crippen LogP contribution in [-0.4, -0.2) is 42.8 Å². The van der Waals surface area contributed by atoms with E-state index in [1.54, 1.807) is 0 Å². The van der Waals surface area contributed by atoms with Gasteiger partial charge in [-0.3, -0.25) is 0 Å². The molecule has 0 amide bonds. The van der Waals surface area contributed by atoms with Crippen LogP contribution in [0.1, 0.15) is 33.6 Å². The quantitative estimate of drug-likeness (QED) is 0.649. The molecule has 0 spiro atoms. The van der Waals surface area contributed by atoms with Crippen LogP contribution in [0.4, 0.5) is 0 Å². The first-order valence-corrected chi connectivity index (χ1v) is 5.44. The van der Waals surface area contributed by atoms with Crippen LogP contribution in [0.3, 0.4) is 0 Å². The monoisotopic (exact) mass is 202 g/mol. The third-order valence-electron chi connectivity index (χ3n) is 2.52. The van der Waals surface area contributed by atoms with Crippen molar-refractivity contribution in [1.29, 1.82) is 0 Å². The summed E-state index contributed by atoms with van der Waals surface area (Å²) < 4.78 is 0. The number of nitrogens with zero attached hydrogens (tertiary/aromatic N) is 1. The summed E-state index contributed by atoms with van der Waals surface area (Å²) >= 11 is 0. The van der Waals surface area contributed by atoms with Crippen molar-refractivity contribution < 1.29 is 5.11 Å². The molecule has 0 heterocycles. The highest BCUT2D eigenvalue weighted by molar-refractivity contribution is 4.70. The third kappa shape index (κ3) is 7.30. The topological polar surface area (TPSA) is 49.5 Å². The molecular formula is C11H26N2O. The van der Waals surface area contributed by atoms with Crippen molar-refractivity contribution in [3.05, 3.63) is 0 Å². The van der Waals surface area contributed by atoms with Crippen LogP contribution in [0.5, 0.6) is 0 Å². The number of aliphatic hydroxyl groups excluding tert-OH is 1. The smallest absolute Gasteiger partial charge is 0.0638 e. The van der Waals surface area contributed by atoms with Gasteiger partial charge in [0, 0.05) is 6.54 Å². The maximum Gasteiger partial charge on any atom is 0.0638 e. The van der Waals surface area contributed by atoms with E-state index in [9.17, 15) is 0 Å². The van der Waals surface area contributed by atoms with Gasteiger partial charge in [-0.2, -0.15) is 0 Å². The summed E-state index contributed by atoms with van der Waals surface area (Å²) in [6, 6.07) is 0. The van der Waals surface area contributed by atoms with Gasteiger partial charge in [-0.05, 0) is 45.3 Å². The molecule has 14 heavy (non-hydrogen) atoms. The lowest BCUT2D eigenvalue weighted by Gasteiger charge is -2.24. The van der Waals surface area contributed by atoms with Crippen molar-refractivity contribution in [3.63, 3.8) is 0 Å². The van der Waals surface area contributed by atoms with Gasteiger partial charge in [0.1, 0.15) is 0 Å². The normalized spacial score (nSPS) is 14.8. The van der Waals surface area contributed by atoms with E-state index in [0.717, 1.165) is 32.5 Å². The van der Waals surface area contributed by atoms with Gasteiger partial charge < -0.3 is 15.7 Å². The second kappa shape index (κ2) is 6.38. The molecule has 1 atom stereocenters. The Morgan fingerprint density at radius 3 is 2.43 bits per heavy atom. The molecule has 0 aliphatic carbocycles. The Balaban J connectivity index is 3.53. The van der Waals surface area contributed by atoms with Gasteiger partial charge in [-0.15, -0.1) is 0 Å². The summed E-state index contributed by atoms with van der Waals surface area (Å²) in [5.74, 6) is 0. The molecule has 0 radical (unpaired) electrons. The van der Waals surface area contributed by atoms with Crippen LogP contribution < -0.4 is 5.73 Å². The summed E-state index contributed by atoms with van der Waals surface area (Å²) in [7, 11) is 2.04. The number of hydrogen-bond donors (Lipinski definition) is 2. The minimum Gasteiger partial charge on any atom is -0.392 e. The Kier molecular flexibility index (Phi) is 6.33. The Morgan fingerprint density at radius 2 is 2.00 bits per heavy atom. The van der Waals surface area contributed by atoms with E-state index >= 15 is 0 Å². The molecule has 1 unspecified atom stereocenters. The molecule has 0 aromatic carbocycles. The summed E-state index contributed by atoms with van der Waals surface area (Å²) in [6.07, 6.45) is 2.06. The number of nitrogens with two attached hydrogens (primary N) is 1. The first-order chi connectivity index (χ1) is 6.37. The van der Waals surface area contributed by atoms with E-state index in [2.05, 4.69) is 18.7 Å². The van der Waals surface area contributed by atoms with E-state index in [1.165, 1.54) is 0 Å². The van der Waals surface area contributed by atoms with Gasteiger partial charge in [-0.25, -0.2) is 0 Å². The average Bonchev–Trinajstić information content (AvgIpc) is 2.02. The van der Waals surface area contributed by atoms with E-state index in [4.69, 9.17) is 10.8 Å². The van der Waals surface area contributed by atoms with Crippen molar-refractivity contribution in [3.8, 4) is 0 Å². The van der Waals surface area contributed by atoms with Gasteiger partial charge in [0.05, 0.1) is 6.10 Å². The molecule has 3 heteroatoms. The Labute approximate surface area is 88.3 Å². The zero-order valence-electron chi connectivity index (χ0n) is 10.1. The van der Waals surface area contributed by atoms with E-state index in [-0.39, 0.29) is 11.5 Å². The van der Waals surface area contributed by atoms with Crippen LogP contribution in [0.25, 0.3) is 0 Å². The fourth-order valence-electron chi connectivity index (χ4n) is 1.47. The van der Waals surface area contributed by atoms with Crippen molar-refractivity contribution >= 4 is 0 Å². The van der Waals surface area contributed by atoms with Crippen LogP contribution in [0.15, 0.2) is 0 Å². The molecule has 0 rings (SSSR count). The van der Waals surface area contributed by atoms with Crippen molar-refractivity contribution in [2.75, 3.05) is 26.7 Å². The zero-order valence-corrected chi connectivity index (χ0v) is 10.1. The summed E-state index contributed by atoms with van der Waals surface area (Å²) in [5.41, 5.74) is 5.91.